The molecule has 0 aromatic carbocycles. The van der Waals surface area contributed by atoms with E-state index in [4.69, 9.17) is 5.73 Å². The smallest absolute Gasteiger partial charge is 0.364 e. The molecule has 1 aromatic rings. The fourth-order valence-corrected chi connectivity index (χ4v) is 2.02. The highest BCUT2D eigenvalue weighted by atomic mass is 19.4. The zero-order valence-corrected chi connectivity index (χ0v) is 10.6. The molecule has 2 N–H and O–H groups in total. The predicted octanol–water partition coefficient (Wildman–Crippen LogP) is 0.260. The van der Waals surface area contributed by atoms with E-state index in [1.165, 1.54) is 17.3 Å². The molecule has 2 rings (SSSR count). The number of alkyl halides is 3. The van der Waals surface area contributed by atoms with Crippen LogP contribution < -0.4 is 10.6 Å². The zero-order chi connectivity index (χ0) is 14.8. The summed E-state index contributed by atoms with van der Waals surface area (Å²) in [5.41, 5.74) is 5.15. The van der Waals surface area contributed by atoms with Crippen molar-refractivity contribution in [3.63, 3.8) is 0 Å². The summed E-state index contributed by atoms with van der Waals surface area (Å²) in [6, 6.07) is 0. The molecule has 110 valence electrons. The van der Waals surface area contributed by atoms with E-state index in [2.05, 4.69) is 9.97 Å². The molecule has 9 heteroatoms. The minimum atomic E-state index is -4.19. The minimum Gasteiger partial charge on any atom is -0.364 e. The Kier molecular flexibility index (Phi) is 4.07. The first-order valence-corrected chi connectivity index (χ1v) is 6.01. The maximum Gasteiger partial charge on any atom is 0.401 e. The second-order valence-electron chi connectivity index (χ2n) is 4.51. The number of piperazine rings is 1. The number of halogens is 3. The van der Waals surface area contributed by atoms with E-state index in [1.807, 2.05) is 0 Å². The van der Waals surface area contributed by atoms with Gasteiger partial charge in [-0.25, -0.2) is 4.98 Å². The fourth-order valence-electron chi connectivity index (χ4n) is 2.02. The Morgan fingerprint density at radius 2 is 1.90 bits per heavy atom. The number of nitrogens with zero attached hydrogens (tertiary/aromatic N) is 4. The lowest BCUT2D eigenvalue weighted by Gasteiger charge is -2.35. The Labute approximate surface area is 113 Å². The molecule has 1 aliphatic heterocycles. The molecule has 0 unspecified atom stereocenters. The van der Waals surface area contributed by atoms with Gasteiger partial charge in [0.25, 0.3) is 5.91 Å². The molecule has 1 fully saturated rings. The van der Waals surface area contributed by atoms with Gasteiger partial charge in [0.1, 0.15) is 11.5 Å². The third-order valence-electron chi connectivity index (χ3n) is 2.97. The third-order valence-corrected chi connectivity index (χ3v) is 2.97. The molecule has 2 heterocycles. The summed E-state index contributed by atoms with van der Waals surface area (Å²) >= 11 is 0. The van der Waals surface area contributed by atoms with Gasteiger partial charge in [-0.15, -0.1) is 0 Å². The van der Waals surface area contributed by atoms with E-state index in [0.717, 1.165) is 0 Å². The number of primary amides is 1. The second kappa shape index (κ2) is 5.61. The quantitative estimate of drug-likeness (QED) is 0.864. The van der Waals surface area contributed by atoms with E-state index < -0.39 is 18.6 Å². The van der Waals surface area contributed by atoms with Crippen LogP contribution >= 0.6 is 0 Å². The Morgan fingerprint density at radius 3 is 2.45 bits per heavy atom. The SMILES string of the molecule is NC(=O)c1cncc(N2CCN(CC(F)(F)F)CC2)n1. The molecular weight excluding hydrogens is 275 g/mol. The summed E-state index contributed by atoms with van der Waals surface area (Å²) in [5.74, 6) is -0.233. The number of anilines is 1. The van der Waals surface area contributed by atoms with Crippen molar-refractivity contribution in [2.24, 2.45) is 5.73 Å². The largest absolute Gasteiger partial charge is 0.401 e. The summed E-state index contributed by atoms with van der Waals surface area (Å²) in [7, 11) is 0. The fraction of sp³-hybridized carbons (Fsp3) is 0.545. The van der Waals surface area contributed by atoms with Crippen molar-refractivity contribution < 1.29 is 18.0 Å². The van der Waals surface area contributed by atoms with E-state index >= 15 is 0 Å². The molecule has 20 heavy (non-hydrogen) atoms. The standard InChI is InChI=1S/C11H14F3N5O/c12-11(13,14)7-18-1-3-19(4-2-18)9-6-16-5-8(17-9)10(15)20/h5-6H,1-4,7H2,(H2,15,20). The van der Waals surface area contributed by atoms with Crippen molar-refractivity contribution in [2.75, 3.05) is 37.6 Å². The van der Waals surface area contributed by atoms with Gasteiger partial charge in [-0.05, 0) is 0 Å². The highest BCUT2D eigenvalue weighted by Gasteiger charge is 2.32. The van der Waals surface area contributed by atoms with E-state index in [9.17, 15) is 18.0 Å². The van der Waals surface area contributed by atoms with Crippen molar-refractivity contribution in [1.82, 2.24) is 14.9 Å². The van der Waals surface area contributed by atoms with Gasteiger partial charge in [0, 0.05) is 26.2 Å². The van der Waals surface area contributed by atoms with E-state index in [-0.39, 0.29) is 18.8 Å². The monoisotopic (exact) mass is 289 g/mol. The highest BCUT2D eigenvalue weighted by Crippen LogP contribution is 2.19. The van der Waals surface area contributed by atoms with Crippen molar-refractivity contribution in [2.45, 2.75) is 6.18 Å². The van der Waals surface area contributed by atoms with Gasteiger partial charge in [-0.1, -0.05) is 0 Å². The van der Waals surface area contributed by atoms with Crippen LogP contribution in [-0.2, 0) is 0 Å². The Balaban J connectivity index is 1.97. The maximum absolute atomic E-state index is 12.3. The van der Waals surface area contributed by atoms with Crippen molar-refractivity contribution in [3.05, 3.63) is 18.1 Å². The van der Waals surface area contributed by atoms with Gasteiger partial charge in [0.05, 0.1) is 18.9 Å². The average molecular weight is 289 g/mol. The Hall–Kier alpha value is -1.90. The molecule has 0 saturated carbocycles. The van der Waals surface area contributed by atoms with E-state index in [1.54, 1.807) is 4.90 Å². The molecular formula is C11H14F3N5O. The van der Waals surface area contributed by atoms with Crippen LogP contribution in [0.2, 0.25) is 0 Å². The summed E-state index contributed by atoms with van der Waals surface area (Å²) in [6.07, 6.45) is -1.47. The normalized spacial score (nSPS) is 17.2. The third kappa shape index (κ3) is 3.80. The number of carbonyl (C=O) groups is 1. The molecule has 1 aliphatic rings. The van der Waals surface area contributed by atoms with Crippen LogP contribution in [-0.4, -0.2) is 59.7 Å². The van der Waals surface area contributed by atoms with Crippen LogP contribution in [0.15, 0.2) is 12.4 Å². The van der Waals surface area contributed by atoms with Gasteiger partial charge in [-0.3, -0.25) is 14.7 Å². The second-order valence-corrected chi connectivity index (χ2v) is 4.51. The van der Waals surface area contributed by atoms with Crippen LogP contribution in [0.25, 0.3) is 0 Å². The number of nitrogens with two attached hydrogens (primary N) is 1. The summed E-state index contributed by atoms with van der Waals surface area (Å²) in [6.45, 7) is 0.442. The van der Waals surface area contributed by atoms with Crippen molar-refractivity contribution in [3.8, 4) is 0 Å². The topological polar surface area (TPSA) is 75.4 Å². The molecule has 0 radical (unpaired) electrons. The van der Waals surface area contributed by atoms with Gasteiger partial charge in [0.2, 0.25) is 0 Å². The van der Waals surface area contributed by atoms with Crippen LogP contribution in [0.1, 0.15) is 10.5 Å². The lowest BCUT2D eigenvalue weighted by Crippen LogP contribution is -2.49. The number of aromatic nitrogens is 2. The molecule has 0 spiro atoms. The molecule has 1 aromatic heterocycles. The van der Waals surface area contributed by atoms with Gasteiger partial charge < -0.3 is 10.6 Å². The molecule has 0 atom stereocenters. The highest BCUT2D eigenvalue weighted by molar-refractivity contribution is 5.90. The first kappa shape index (κ1) is 14.5. The maximum atomic E-state index is 12.3. The van der Waals surface area contributed by atoms with Gasteiger partial charge >= 0.3 is 6.18 Å². The molecule has 0 bridgehead atoms. The molecule has 0 aliphatic carbocycles. The number of amides is 1. The summed E-state index contributed by atoms with van der Waals surface area (Å²) < 4.78 is 36.8. The molecule has 1 saturated heterocycles. The van der Waals surface area contributed by atoms with Crippen LogP contribution in [0.5, 0.6) is 0 Å². The molecule has 1 amide bonds. The van der Waals surface area contributed by atoms with Gasteiger partial charge in [-0.2, -0.15) is 13.2 Å². The molecule has 6 nitrogen and oxygen atoms in total. The van der Waals surface area contributed by atoms with Gasteiger partial charge in [0.15, 0.2) is 0 Å². The zero-order valence-electron chi connectivity index (χ0n) is 10.6. The van der Waals surface area contributed by atoms with E-state index in [0.29, 0.717) is 18.9 Å². The first-order valence-electron chi connectivity index (χ1n) is 6.01. The van der Waals surface area contributed by atoms with Crippen molar-refractivity contribution >= 4 is 11.7 Å². The average Bonchev–Trinajstić information content (AvgIpc) is 2.38. The number of rotatable bonds is 3. The van der Waals surface area contributed by atoms with Crippen LogP contribution in [0.4, 0.5) is 19.0 Å². The number of carbonyl (C=O) groups excluding carboxylic acids is 1. The number of hydrogen-bond donors (Lipinski definition) is 1. The van der Waals surface area contributed by atoms with Crippen LogP contribution in [0.3, 0.4) is 0 Å². The Morgan fingerprint density at radius 1 is 1.25 bits per heavy atom. The Bertz CT molecular complexity index is 485. The lowest BCUT2D eigenvalue weighted by atomic mass is 10.3. The summed E-state index contributed by atoms with van der Waals surface area (Å²) in [5, 5.41) is 0. The minimum absolute atomic E-state index is 0.0419. The number of hydrogen-bond acceptors (Lipinski definition) is 5. The summed E-state index contributed by atoms with van der Waals surface area (Å²) in [4.78, 5) is 22.0. The first-order chi connectivity index (χ1) is 9.35. The van der Waals surface area contributed by atoms with Crippen molar-refractivity contribution in [1.29, 1.82) is 0 Å². The van der Waals surface area contributed by atoms with Crippen LogP contribution in [0, 0.1) is 0 Å². The lowest BCUT2D eigenvalue weighted by molar-refractivity contribution is -0.146. The predicted molar refractivity (Wildman–Crippen MR) is 65.3 cm³/mol.